The molecule has 0 aliphatic carbocycles. The quantitative estimate of drug-likeness (QED) is 0.836. The maximum atomic E-state index is 11.9. The van der Waals surface area contributed by atoms with Crippen molar-refractivity contribution in [2.75, 3.05) is 6.61 Å². The van der Waals surface area contributed by atoms with Gasteiger partial charge in [-0.2, -0.15) is 0 Å². The van der Waals surface area contributed by atoms with Gasteiger partial charge in [-0.05, 0) is 32.0 Å². The lowest BCUT2D eigenvalue weighted by molar-refractivity contribution is -0.121. The van der Waals surface area contributed by atoms with Gasteiger partial charge in [-0.1, -0.05) is 0 Å². The zero-order chi connectivity index (χ0) is 14.7. The Morgan fingerprint density at radius 3 is 2.75 bits per heavy atom. The van der Waals surface area contributed by atoms with Gasteiger partial charge < -0.3 is 19.5 Å². The molecule has 2 N–H and O–H groups in total. The Morgan fingerprint density at radius 1 is 1.40 bits per heavy atom. The monoisotopic (exact) mass is 276 g/mol. The van der Waals surface area contributed by atoms with Crippen molar-refractivity contribution < 1.29 is 18.7 Å². The summed E-state index contributed by atoms with van der Waals surface area (Å²) in [7, 11) is 0. The highest BCUT2D eigenvalue weighted by molar-refractivity contribution is 5.92. The Balaban J connectivity index is 2.20. The smallest absolute Gasteiger partial charge is 0.340 e. The predicted octanol–water partition coefficient (Wildman–Crippen LogP) is 1.39. The molecule has 20 heavy (non-hydrogen) atoms. The molecule has 106 valence electrons. The maximum Gasteiger partial charge on any atom is 0.340 e. The summed E-state index contributed by atoms with van der Waals surface area (Å²) < 4.78 is 12.1. The first-order valence-electron chi connectivity index (χ1n) is 6.13. The number of nitrogens with zero attached hydrogens (tertiary/aromatic N) is 1. The van der Waals surface area contributed by atoms with E-state index in [0.29, 0.717) is 12.1 Å². The van der Waals surface area contributed by atoms with Crippen molar-refractivity contribution in [3.63, 3.8) is 0 Å². The summed E-state index contributed by atoms with van der Waals surface area (Å²) in [5.74, 6) is -0.436. The largest absolute Gasteiger partial charge is 0.467 e. The van der Waals surface area contributed by atoms with E-state index in [1.165, 1.54) is 0 Å². The van der Waals surface area contributed by atoms with E-state index in [1.807, 2.05) is 30.5 Å². The lowest BCUT2D eigenvalue weighted by atomic mass is 10.2. The summed E-state index contributed by atoms with van der Waals surface area (Å²) in [6.07, 6.45) is 1.60. The Morgan fingerprint density at radius 2 is 2.15 bits per heavy atom. The Hall–Kier alpha value is -2.50. The van der Waals surface area contributed by atoms with Gasteiger partial charge in [-0.3, -0.25) is 4.79 Å². The Labute approximate surface area is 116 Å². The maximum absolute atomic E-state index is 11.9. The Bertz CT molecular complexity index is 626. The zero-order valence-electron chi connectivity index (χ0n) is 11.4. The molecular formula is C14H16N2O4. The molecule has 1 amide bonds. The van der Waals surface area contributed by atoms with E-state index in [1.54, 1.807) is 12.3 Å². The van der Waals surface area contributed by atoms with E-state index in [-0.39, 0.29) is 0 Å². The van der Waals surface area contributed by atoms with Gasteiger partial charge in [-0.25, -0.2) is 4.79 Å². The van der Waals surface area contributed by atoms with Gasteiger partial charge in [0.2, 0.25) is 0 Å². The van der Waals surface area contributed by atoms with E-state index in [4.69, 9.17) is 14.9 Å². The van der Waals surface area contributed by atoms with Crippen LogP contribution in [0.25, 0.3) is 0 Å². The molecule has 2 rings (SSSR count). The topological polar surface area (TPSA) is 87.5 Å². The van der Waals surface area contributed by atoms with Gasteiger partial charge in [0.25, 0.3) is 5.91 Å². The molecule has 2 aromatic heterocycles. The fourth-order valence-corrected chi connectivity index (χ4v) is 2.02. The van der Waals surface area contributed by atoms with Gasteiger partial charge in [0.15, 0.2) is 6.61 Å². The fraction of sp³-hybridized carbons (Fsp3) is 0.286. The van der Waals surface area contributed by atoms with Gasteiger partial charge in [0.1, 0.15) is 5.76 Å². The highest BCUT2D eigenvalue weighted by Crippen LogP contribution is 2.18. The molecule has 0 fully saturated rings. The van der Waals surface area contributed by atoms with Gasteiger partial charge >= 0.3 is 5.97 Å². The molecule has 2 heterocycles. The second kappa shape index (κ2) is 5.64. The number of nitrogens with two attached hydrogens (primary N) is 1. The molecule has 0 saturated heterocycles. The number of ether oxygens (including phenoxy) is 1. The number of furan rings is 1. The average molecular weight is 276 g/mol. The third-order valence-electron chi connectivity index (χ3n) is 3.03. The molecule has 6 heteroatoms. The number of amides is 1. The normalized spacial score (nSPS) is 10.5. The molecule has 0 aliphatic heterocycles. The highest BCUT2D eigenvalue weighted by Gasteiger charge is 2.18. The number of rotatable bonds is 5. The minimum atomic E-state index is -0.678. The molecule has 0 aromatic carbocycles. The molecule has 0 atom stereocenters. The van der Waals surface area contributed by atoms with Crippen LogP contribution in [0.2, 0.25) is 0 Å². The van der Waals surface area contributed by atoms with Crippen LogP contribution >= 0.6 is 0 Å². The van der Waals surface area contributed by atoms with Crippen LogP contribution in [-0.4, -0.2) is 23.1 Å². The molecule has 0 radical (unpaired) electrons. The first kappa shape index (κ1) is 13.9. The summed E-state index contributed by atoms with van der Waals surface area (Å²) in [6.45, 7) is 3.83. The highest BCUT2D eigenvalue weighted by atomic mass is 16.5. The van der Waals surface area contributed by atoms with Crippen molar-refractivity contribution in [1.29, 1.82) is 0 Å². The minimum Gasteiger partial charge on any atom is -0.467 e. The molecule has 0 unspecified atom stereocenters. The first-order chi connectivity index (χ1) is 9.49. The Kier molecular flexibility index (Phi) is 3.93. The summed E-state index contributed by atoms with van der Waals surface area (Å²) in [4.78, 5) is 22.5. The van der Waals surface area contributed by atoms with Crippen molar-refractivity contribution >= 4 is 11.9 Å². The lowest BCUT2D eigenvalue weighted by Crippen LogP contribution is -2.21. The van der Waals surface area contributed by atoms with Gasteiger partial charge in [0, 0.05) is 11.4 Å². The van der Waals surface area contributed by atoms with E-state index in [9.17, 15) is 9.59 Å². The van der Waals surface area contributed by atoms with Crippen molar-refractivity contribution in [3.05, 3.63) is 47.2 Å². The number of primary amides is 1. The number of hydrogen-bond acceptors (Lipinski definition) is 4. The standard InChI is InChI=1S/C14H16N2O4/c1-9-6-12(14(18)20-8-13(15)17)10(2)16(9)7-11-4-3-5-19-11/h3-6H,7-8H2,1-2H3,(H2,15,17). The van der Waals surface area contributed by atoms with Crippen molar-refractivity contribution in [3.8, 4) is 0 Å². The van der Waals surface area contributed by atoms with E-state index < -0.39 is 18.5 Å². The van der Waals surface area contributed by atoms with Crippen LogP contribution in [0.4, 0.5) is 0 Å². The van der Waals surface area contributed by atoms with Crippen LogP contribution in [-0.2, 0) is 16.1 Å². The van der Waals surface area contributed by atoms with E-state index in [0.717, 1.165) is 17.1 Å². The number of esters is 1. The predicted molar refractivity (Wildman–Crippen MR) is 71.2 cm³/mol. The minimum absolute atomic E-state index is 0.416. The lowest BCUT2D eigenvalue weighted by Gasteiger charge is -2.07. The number of carbonyl (C=O) groups is 2. The van der Waals surface area contributed by atoms with Gasteiger partial charge in [-0.15, -0.1) is 0 Å². The third kappa shape index (κ3) is 2.90. The van der Waals surface area contributed by atoms with E-state index in [2.05, 4.69) is 0 Å². The number of hydrogen-bond donors (Lipinski definition) is 1. The van der Waals surface area contributed by atoms with Crippen LogP contribution < -0.4 is 5.73 Å². The summed E-state index contributed by atoms with van der Waals surface area (Å²) in [6, 6.07) is 5.40. The summed E-state index contributed by atoms with van der Waals surface area (Å²) in [5, 5.41) is 0. The second-order valence-electron chi connectivity index (χ2n) is 4.49. The molecule has 6 nitrogen and oxygen atoms in total. The second-order valence-corrected chi connectivity index (χ2v) is 4.49. The van der Waals surface area contributed by atoms with Crippen LogP contribution in [0.3, 0.4) is 0 Å². The van der Waals surface area contributed by atoms with E-state index >= 15 is 0 Å². The fourth-order valence-electron chi connectivity index (χ4n) is 2.02. The van der Waals surface area contributed by atoms with Crippen LogP contribution in [0, 0.1) is 13.8 Å². The number of aryl methyl sites for hydroxylation is 1. The molecule has 0 bridgehead atoms. The molecular weight excluding hydrogens is 260 g/mol. The summed E-state index contributed by atoms with van der Waals surface area (Å²) in [5.41, 5.74) is 7.04. The van der Waals surface area contributed by atoms with Crippen molar-refractivity contribution in [2.45, 2.75) is 20.4 Å². The molecule has 2 aromatic rings. The number of carbonyl (C=O) groups excluding carboxylic acids is 2. The van der Waals surface area contributed by atoms with Gasteiger partial charge in [0.05, 0.1) is 18.4 Å². The first-order valence-corrected chi connectivity index (χ1v) is 6.13. The van der Waals surface area contributed by atoms with Crippen LogP contribution in [0.5, 0.6) is 0 Å². The van der Waals surface area contributed by atoms with Crippen LogP contribution in [0.15, 0.2) is 28.9 Å². The SMILES string of the molecule is Cc1cc(C(=O)OCC(N)=O)c(C)n1Cc1ccco1. The van der Waals surface area contributed by atoms with Crippen LogP contribution in [0.1, 0.15) is 27.5 Å². The zero-order valence-corrected chi connectivity index (χ0v) is 11.4. The van der Waals surface area contributed by atoms with Crippen molar-refractivity contribution in [1.82, 2.24) is 4.57 Å². The van der Waals surface area contributed by atoms with Crippen molar-refractivity contribution in [2.24, 2.45) is 5.73 Å². The summed E-state index contributed by atoms with van der Waals surface area (Å²) >= 11 is 0. The average Bonchev–Trinajstić information content (AvgIpc) is 2.99. The molecule has 0 aliphatic rings. The molecule has 0 spiro atoms. The third-order valence-corrected chi connectivity index (χ3v) is 3.03. The number of aromatic nitrogens is 1. The molecule has 0 saturated carbocycles.